The van der Waals surface area contributed by atoms with Gasteiger partial charge < -0.3 is 10.1 Å². The summed E-state index contributed by atoms with van der Waals surface area (Å²) in [5.74, 6) is 0.481. The van der Waals surface area contributed by atoms with Gasteiger partial charge in [-0.3, -0.25) is 0 Å². The molecule has 0 unspecified atom stereocenters. The molecule has 0 spiro atoms. The summed E-state index contributed by atoms with van der Waals surface area (Å²) < 4.78 is 1.43. The van der Waals surface area contributed by atoms with E-state index in [0.717, 1.165) is 15.6 Å². The fourth-order valence-electron chi connectivity index (χ4n) is 1.43. The average molecular weight is 265 g/mol. The maximum absolute atomic E-state index is 10.7. The van der Waals surface area contributed by atoms with Crippen molar-refractivity contribution in [1.29, 1.82) is 0 Å². The Morgan fingerprint density at radius 1 is 1.56 bits per heavy atom. The van der Waals surface area contributed by atoms with Crippen molar-refractivity contribution in [2.45, 2.75) is 13.8 Å². The van der Waals surface area contributed by atoms with Crippen LogP contribution in [-0.4, -0.2) is 24.7 Å². The van der Waals surface area contributed by atoms with Crippen molar-refractivity contribution in [3.05, 3.63) is 32.2 Å². The Morgan fingerprint density at radius 3 is 2.78 bits per heavy atom. The number of nitrogens with zero attached hydrogens (tertiary/aromatic N) is 5. The molecule has 0 aromatic carbocycles. The second-order valence-corrected chi connectivity index (χ2v) is 4.93. The first kappa shape index (κ1) is 12.4. The minimum absolute atomic E-state index is 0.0394. The van der Waals surface area contributed by atoms with Gasteiger partial charge >= 0.3 is 5.82 Å². The number of allylic oxidation sites excluding steroid dienone is 1. The molecule has 2 heterocycles. The number of aromatic nitrogens is 4. The Bertz CT molecular complexity index is 628. The van der Waals surface area contributed by atoms with Gasteiger partial charge in [0, 0.05) is 6.08 Å². The van der Waals surface area contributed by atoms with E-state index in [0.29, 0.717) is 5.82 Å². The molecule has 7 nitrogen and oxygen atoms in total. The van der Waals surface area contributed by atoms with Crippen LogP contribution in [0.2, 0.25) is 0 Å². The van der Waals surface area contributed by atoms with Crippen LogP contribution in [0.25, 0.3) is 11.6 Å². The fourth-order valence-corrected chi connectivity index (χ4v) is 2.09. The molecule has 0 atom stereocenters. The summed E-state index contributed by atoms with van der Waals surface area (Å²) in [6.45, 7) is 3.75. The minimum atomic E-state index is -0.464. The van der Waals surface area contributed by atoms with E-state index >= 15 is 0 Å². The summed E-state index contributed by atoms with van der Waals surface area (Å²) in [7, 11) is 1.61. The monoisotopic (exact) mass is 265 g/mol. The van der Waals surface area contributed by atoms with Gasteiger partial charge in [-0.05, 0) is 24.3 Å². The summed E-state index contributed by atoms with van der Waals surface area (Å²) in [6, 6.07) is 0. The summed E-state index contributed by atoms with van der Waals surface area (Å²) in [6.07, 6.45) is 3.00. The summed E-state index contributed by atoms with van der Waals surface area (Å²) in [4.78, 5) is 14.2. The second-order valence-electron chi connectivity index (χ2n) is 3.74. The van der Waals surface area contributed by atoms with E-state index in [9.17, 15) is 10.1 Å². The molecule has 0 aliphatic heterocycles. The minimum Gasteiger partial charge on any atom is -0.358 e. The molecule has 0 amide bonds. The number of hydrogen-bond acceptors (Lipinski definition) is 6. The third-order valence-electron chi connectivity index (χ3n) is 2.40. The third-order valence-corrected chi connectivity index (χ3v) is 3.37. The van der Waals surface area contributed by atoms with Crippen molar-refractivity contribution in [2.24, 2.45) is 7.05 Å². The standard InChI is InChI=1S/C10H11N5O2S/c1-6(10-13-12-7(2)18-10)4-8-11-5-9(14(8)3)15(16)17/h4-5H,1-3H3. The molecule has 8 heteroatoms. The highest BCUT2D eigenvalue weighted by Crippen LogP contribution is 2.21. The number of aryl methyl sites for hydroxylation is 1. The van der Waals surface area contributed by atoms with E-state index in [1.54, 1.807) is 13.1 Å². The summed E-state index contributed by atoms with van der Waals surface area (Å²) >= 11 is 1.47. The van der Waals surface area contributed by atoms with Gasteiger partial charge in [0.15, 0.2) is 0 Å². The van der Waals surface area contributed by atoms with Gasteiger partial charge in [0.1, 0.15) is 16.2 Å². The largest absolute Gasteiger partial charge is 0.358 e. The number of nitro groups is 1. The number of imidazole rings is 1. The van der Waals surface area contributed by atoms with Gasteiger partial charge in [-0.2, -0.15) is 0 Å². The van der Waals surface area contributed by atoms with Crippen molar-refractivity contribution in [2.75, 3.05) is 0 Å². The van der Waals surface area contributed by atoms with Crippen LogP contribution in [-0.2, 0) is 7.05 Å². The Kier molecular flexibility index (Phi) is 3.19. The molecular weight excluding hydrogens is 254 g/mol. The van der Waals surface area contributed by atoms with Crippen molar-refractivity contribution in [3.8, 4) is 0 Å². The van der Waals surface area contributed by atoms with Crippen LogP contribution in [0.15, 0.2) is 6.20 Å². The molecule has 2 aromatic rings. The first-order valence-electron chi connectivity index (χ1n) is 5.14. The Labute approximate surface area is 107 Å². The third kappa shape index (κ3) is 2.28. The average Bonchev–Trinajstić information content (AvgIpc) is 2.86. The smallest absolute Gasteiger partial charge is 0.342 e. The second kappa shape index (κ2) is 4.65. The maximum atomic E-state index is 10.7. The van der Waals surface area contributed by atoms with Gasteiger partial charge in [0.05, 0.1) is 7.05 Å². The van der Waals surface area contributed by atoms with Gasteiger partial charge in [0.2, 0.25) is 5.82 Å². The van der Waals surface area contributed by atoms with Crippen LogP contribution in [0.4, 0.5) is 5.82 Å². The predicted molar refractivity (Wildman–Crippen MR) is 68.1 cm³/mol. The Balaban J connectivity index is 2.36. The molecule has 0 bridgehead atoms. The zero-order valence-corrected chi connectivity index (χ0v) is 10.9. The Hall–Kier alpha value is -2.09. The molecule has 0 N–H and O–H groups in total. The van der Waals surface area contributed by atoms with Crippen molar-refractivity contribution in [3.63, 3.8) is 0 Å². The summed E-state index contributed by atoms with van der Waals surface area (Å²) in [5, 5.41) is 20.3. The highest BCUT2D eigenvalue weighted by atomic mass is 32.1. The molecule has 0 saturated carbocycles. The van der Waals surface area contributed by atoms with Crippen LogP contribution in [0.3, 0.4) is 0 Å². The van der Waals surface area contributed by atoms with Gasteiger partial charge in [-0.25, -0.2) is 9.55 Å². The lowest BCUT2D eigenvalue weighted by Crippen LogP contribution is -1.98. The molecule has 18 heavy (non-hydrogen) atoms. The van der Waals surface area contributed by atoms with E-state index in [-0.39, 0.29) is 5.82 Å². The van der Waals surface area contributed by atoms with Gasteiger partial charge in [0.25, 0.3) is 0 Å². The lowest BCUT2D eigenvalue weighted by atomic mass is 10.3. The van der Waals surface area contributed by atoms with Crippen molar-refractivity contribution in [1.82, 2.24) is 19.7 Å². The molecule has 0 aliphatic rings. The van der Waals surface area contributed by atoms with E-state index in [1.807, 2.05) is 13.8 Å². The van der Waals surface area contributed by atoms with Crippen LogP contribution in [0.1, 0.15) is 22.8 Å². The van der Waals surface area contributed by atoms with Crippen molar-refractivity contribution < 1.29 is 4.92 Å². The van der Waals surface area contributed by atoms with E-state index < -0.39 is 4.92 Å². The van der Waals surface area contributed by atoms with E-state index in [2.05, 4.69) is 15.2 Å². The zero-order chi connectivity index (χ0) is 13.3. The highest BCUT2D eigenvalue weighted by molar-refractivity contribution is 7.12. The predicted octanol–water partition coefficient (Wildman–Crippen LogP) is 2.05. The molecule has 0 aliphatic carbocycles. The molecule has 0 radical (unpaired) electrons. The maximum Gasteiger partial charge on any atom is 0.342 e. The number of hydrogen-bond donors (Lipinski definition) is 0. The van der Waals surface area contributed by atoms with Crippen LogP contribution in [0, 0.1) is 17.0 Å². The molecule has 0 saturated heterocycles. The normalized spacial score (nSPS) is 11.8. The molecule has 2 rings (SSSR count). The van der Waals surface area contributed by atoms with Gasteiger partial charge in [-0.15, -0.1) is 10.2 Å². The molecule has 94 valence electrons. The van der Waals surface area contributed by atoms with Crippen LogP contribution >= 0.6 is 11.3 Å². The van der Waals surface area contributed by atoms with Crippen LogP contribution < -0.4 is 0 Å². The number of rotatable bonds is 3. The molecular formula is C10H11N5O2S. The topological polar surface area (TPSA) is 86.7 Å². The lowest BCUT2D eigenvalue weighted by Gasteiger charge is -1.96. The van der Waals surface area contributed by atoms with Gasteiger partial charge in [-0.1, -0.05) is 11.3 Å². The summed E-state index contributed by atoms with van der Waals surface area (Å²) in [5.41, 5.74) is 0.879. The SMILES string of the molecule is CC(=Cc1ncc([N+](=O)[O-])n1C)c1nnc(C)s1. The molecule has 2 aromatic heterocycles. The first-order valence-corrected chi connectivity index (χ1v) is 5.95. The fraction of sp³-hybridized carbons (Fsp3) is 0.300. The zero-order valence-electron chi connectivity index (χ0n) is 10.1. The van der Waals surface area contributed by atoms with Crippen LogP contribution in [0.5, 0.6) is 0 Å². The Morgan fingerprint density at radius 2 is 2.28 bits per heavy atom. The quantitative estimate of drug-likeness (QED) is 0.626. The van der Waals surface area contributed by atoms with E-state index in [4.69, 9.17) is 0 Å². The molecule has 0 fully saturated rings. The van der Waals surface area contributed by atoms with E-state index in [1.165, 1.54) is 22.1 Å². The highest BCUT2D eigenvalue weighted by Gasteiger charge is 2.15. The van der Waals surface area contributed by atoms with Crippen molar-refractivity contribution >= 4 is 28.8 Å². The lowest BCUT2D eigenvalue weighted by molar-refractivity contribution is -0.391. The first-order chi connectivity index (χ1) is 8.49.